The molecule has 3 N–H and O–H groups in total. The van der Waals surface area contributed by atoms with E-state index < -0.39 is 18.1 Å². The normalized spacial score (nSPS) is 16.1. The molecular weight excluding hydrogens is 432 g/mol. The summed E-state index contributed by atoms with van der Waals surface area (Å²) in [6.45, 7) is 2.18. The second kappa shape index (κ2) is 10.7. The number of carboxylic acid groups (broad SMARTS) is 1. The van der Waals surface area contributed by atoms with Crippen LogP contribution in [0.5, 0.6) is 0 Å². The minimum atomic E-state index is -1.03. The maximum atomic E-state index is 12.7. The van der Waals surface area contributed by atoms with Gasteiger partial charge in [-0.1, -0.05) is 68.3 Å². The van der Waals surface area contributed by atoms with E-state index in [0.29, 0.717) is 6.42 Å². The second-order valence-corrected chi connectivity index (χ2v) is 9.22. The molecule has 2 aromatic carbocycles. The molecule has 0 spiro atoms. The molecule has 7 nitrogen and oxygen atoms in total. The molecule has 2 aromatic rings. The largest absolute Gasteiger partial charge is 0.480 e. The summed E-state index contributed by atoms with van der Waals surface area (Å²) in [5.41, 5.74) is 4.61. The van der Waals surface area contributed by atoms with Crippen LogP contribution in [0.3, 0.4) is 0 Å². The van der Waals surface area contributed by atoms with Crippen LogP contribution in [0.15, 0.2) is 48.5 Å². The number of amides is 2. The van der Waals surface area contributed by atoms with E-state index in [1.165, 1.54) is 0 Å². The van der Waals surface area contributed by atoms with Crippen molar-refractivity contribution in [1.29, 1.82) is 0 Å². The van der Waals surface area contributed by atoms with Gasteiger partial charge in [0, 0.05) is 18.4 Å². The van der Waals surface area contributed by atoms with E-state index in [2.05, 4.69) is 34.9 Å². The summed E-state index contributed by atoms with van der Waals surface area (Å²) in [5, 5.41) is 14.8. The van der Waals surface area contributed by atoms with Gasteiger partial charge in [0.15, 0.2) is 0 Å². The quantitative estimate of drug-likeness (QED) is 0.456. The monoisotopic (exact) mass is 464 g/mol. The summed E-state index contributed by atoms with van der Waals surface area (Å²) in [6.07, 6.45) is 3.33. The Labute approximate surface area is 199 Å². The Kier molecular flexibility index (Phi) is 7.50. The molecule has 2 aliphatic rings. The zero-order valence-electron chi connectivity index (χ0n) is 19.5. The zero-order chi connectivity index (χ0) is 24.1. The second-order valence-electron chi connectivity index (χ2n) is 9.22. The van der Waals surface area contributed by atoms with Crippen molar-refractivity contribution in [3.05, 3.63) is 59.7 Å². The number of rotatable bonds is 11. The lowest BCUT2D eigenvalue weighted by atomic mass is 9.98. The van der Waals surface area contributed by atoms with Gasteiger partial charge >= 0.3 is 12.1 Å². The van der Waals surface area contributed by atoms with Crippen molar-refractivity contribution in [2.24, 2.45) is 5.92 Å². The topological polar surface area (TPSA) is 105 Å². The first kappa shape index (κ1) is 23.8. The smallest absolute Gasteiger partial charge is 0.407 e. The maximum absolute atomic E-state index is 12.7. The molecule has 0 saturated heterocycles. The van der Waals surface area contributed by atoms with Crippen LogP contribution in [-0.2, 0) is 14.3 Å². The Hall–Kier alpha value is -3.35. The van der Waals surface area contributed by atoms with Crippen LogP contribution in [0.4, 0.5) is 4.79 Å². The molecule has 0 bridgehead atoms. The van der Waals surface area contributed by atoms with E-state index in [4.69, 9.17) is 4.74 Å². The number of alkyl carbamates (subject to hydrolysis) is 1. The first-order valence-electron chi connectivity index (χ1n) is 12.1. The van der Waals surface area contributed by atoms with E-state index in [-0.39, 0.29) is 36.8 Å². The van der Waals surface area contributed by atoms with Crippen LogP contribution in [0.1, 0.15) is 62.5 Å². The number of benzene rings is 2. The lowest BCUT2D eigenvalue weighted by Gasteiger charge is -2.21. The van der Waals surface area contributed by atoms with E-state index in [0.717, 1.165) is 47.9 Å². The molecule has 1 fully saturated rings. The predicted molar refractivity (Wildman–Crippen MR) is 128 cm³/mol. The molecule has 0 radical (unpaired) electrons. The molecule has 2 amide bonds. The number of hydrogen-bond acceptors (Lipinski definition) is 4. The Morgan fingerprint density at radius 1 is 1.00 bits per heavy atom. The van der Waals surface area contributed by atoms with Gasteiger partial charge in [-0.25, -0.2) is 9.59 Å². The third kappa shape index (κ3) is 5.58. The highest BCUT2D eigenvalue weighted by molar-refractivity contribution is 5.84. The third-order valence-electron chi connectivity index (χ3n) is 6.72. The average Bonchev–Trinajstić information content (AvgIpc) is 3.63. The van der Waals surface area contributed by atoms with Gasteiger partial charge in [0.05, 0.1) is 0 Å². The molecule has 1 saturated carbocycles. The van der Waals surface area contributed by atoms with Crippen LogP contribution < -0.4 is 10.6 Å². The number of carboxylic acids is 1. The molecule has 2 atom stereocenters. The van der Waals surface area contributed by atoms with Gasteiger partial charge in [-0.2, -0.15) is 0 Å². The molecule has 4 rings (SSSR count). The Balaban J connectivity index is 1.34. The highest BCUT2D eigenvalue weighted by Crippen LogP contribution is 2.44. The number of hydrogen-bond donors (Lipinski definition) is 3. The van der Waals surface area contributed by atoms with Gasteiger partial charge in [0.1, 0.15) is 12.6 Å². The van der Waals surface area contributed by atoms with Gasteiger partial charge < -0.3 is 20.5 Å². The summed E-state index contributed by atoms with van der Waals surface area (Å²) in [7, 11) is 0. The van der Waals surface area contributed by atoms with E-state index in [1.54, 1.807) is 0 Å². The van der Waals surface area contributed by atoms with Crippen LogP contribution >= 0.6 is 0 Å². The van der Waals surface area contributed by atoms with Gasteiger partial charge in [-0.15, -0.1) is 0 Å². The number of carbonyl (C=O) groups excluding carboxylic acids is 2. The van der Waals surface area contributed by atoms with Gasteiger partial charge in [-0.3, -0.25) is 4.79 Å². The fourth-order valence-electron chi connectivity index (χ4n) is 4.74. The Morgan fingerprint density at radius 2 is 1.62 bits per heavy atom. The Morgan fingerprint density at radius 3 is 2.18 bits per heavy atom. The minimum Gasteiger partial charge on any atom is -0.480 e. The highest BCUT2D eigenvalue weighted by atomic mass is 16.5. The molecule has 0 aromatic heterocycles. The van der Waals surface area contributed by atoms with Crippen molar-refractivity contribution in [3.63, 3.8) is 0 Å². The molecule has 7 heteroatoms. The average molecular weight is 465 g/mol. The molecule has 2 unspecified atom stereocenters. The molecule has 0 heterocycles. The number of ether oxygens (including phenoxy) is 1. The molecule has 0 aliphatic heterocycles. The number of aliphatic carboxylic acids is 1. The lowest BCUT2D eigenvalue weighted by molar-refractivity contribution is -0.142. The van der Waals surface area contributed by atoms with Gasteiger partial charge in [0.25, 0.3) is 0 Å². The SMILES string of the molecule is CCCCC(NC(=O)CC(NC(=O)OCC1c2ccccc2-c2ccccc21)C1CC1)C(=O)O. The van der Waals surface area contributed by atoms with Crippen molar-refractivity contribution < 1.29 is 24.2 Å². The standard InChI is InChI=1S/C27H32N2O5/c1-2-3-12-23(26(31)32)28-25(30)15-24(17-13-14-17)29-27(33)34-16-22-20-10-6-4-8-18(20)19-9-5-7-11-21(19)22/h4-11,17,22-24H,2-3,12-16H2,1H3,(H,28,30)(H,29,33)(H,31,32). The third-order valence-corrected chi connectivity index (χ3v) is 6.72. The Bertz CT molecular complexity index is 1000. The highest BCUT2D eigenvalue weighted by Gasteiger charge is 2.35. The van der Waals surface area contributed by atoms with E-state index in [9.17, 15) is 19.5 Å². The van der Waals surface area contributed by atoms with Crippen molar-refractivity contribution in [1.82, 2.24) is 10.6 Å². The lowest BCUT2D eigenvalue weighted by Crippen LogP contribution is -2.45. The predicted octanol–water partition coefficient (Wildman–Crippen LogP) is 4.45. The number of carbonyl (C=O) groups is 3. The number of unbranched alkanes of at least 4 members (excludes halogenated alkanes) is 1. The van der Waals surface area contributed by atoms with Crippen molar-refractivity contribution in [3.8, 4) is 11.1 Å². The molecule has 180 valence electrons. The summed E-state index contributed by atoms with van der Waals surface area (Å²) in [5.74, 6) is -1.21. The first-order chi connectivity index (χ1) is 16.5. The summed E-state index contributed by atoms with van der Waals surface area (Å²) >= 11 is 0. The summed E-state index contributed by atoms with van der Waals surface area (Å²) < 4.78 is 5.63. The van der Waals surface area contributed by atoms with Crippen LogP contribution in [0.2, 0.25) is 0 Å². The number of nitrogens with one attached hydrogen (secondary N) is 2. The maximum Gasteiger partial charge on any atom is 0.407 e. The van der Waals surface area contributed by atoms with Crippen molar-refractivity contribution in [2.75, 3.05) is 6.61 Å². The fraction of sp³-hybridized carbons (Fsp3) is 0.444. The van der Waals surface area contributed by atoms with E-state index >= 15 is 0 Å². The van der Waals surface area contributed by atoms with Crippen molar-refractivity contribution >= 4 is 18.0 Å². The fourth-order valence-corrected chi connectivity index (χ4v) is 4.74. The van der Waals surface area contributed by atoms with E-state index in [1.807, 2.05) is 31.2 Å². The van der Waals surface area contributed by atoms with Crippen LogP contribution in [-0.4, -0.2) is 41.8 Å². The minimum absolute atomic E-state index is 0.0317. The first-order valence-corrected chi connectivity index (χ1v) is 12.1. The molecular formula is C27H32N2O5. The molecule has 34 heavy (non-hydrogen) atoms. The molecule has 2 aliphatic carbocycles. The van der Waals surface area contributed by atoms with Crippen molar-refractivity contribution in [2.45, 2.75) is 63.5 Å². The van der Waals surface area contributed by atoms with Gasteiger partial charge in [-0.05, 0) is 47.4 Å². The van der Waals surface area contributed by atoms with Gasteiger partial charge in [0.2, 0.25) is 5.91 Å². The summed E-state index contributed by atoms with van der Waals surface area (Å²) in [4.78, 5) is 36.6. The number of fused-ring (bicyclic) bond motifs is 3. The van der Waals surface area contributed by atoms with Crippen LogP contribution in [0.25, 0.3) is 11.1 Å². The summed E-state index contributed by atoms with van der Waals surface area (Å²) in [6, 6.07) is 15.0. The van der Waals surface area contributed by atoms with Crippen LogP contribution in [0, 0.1) is 5.92 Å². The zero-order valence-corrected chi connectivity index (χ0v) is 19.5.